The van der Waals surface area contributed by atoms with Gasteiger partial charge in [-0.15, -0.1) is 0 Å². The zero-order valence-corrected chi connectivity index (χ0v) is 12.3. The molecule has 3 atom stereocenters. The van der Waals surface area contributed by atoms with Crippen LogP contribution in [-0.4, -0.2) is 32.5 Å². The highest BCUT2D eigenvalue weighted by Gasteiger charge is 2.28. The van der Waals surface area contributed by atoms with Gasteiger partial charge in [0.05, 0.1) is 11.0 Å². The summed E-state index contributed by atoms with van der Waals surface area (Å²) in [5.74, 6) is 0.816. The van der Waals surface area contributed by atoms with Gasteiger partial charge in [0.2, 0.25) is 0 Å². The molecule has 0 rings (SSSR count). The average molecular weight is 249 g/mol. The first-order chi connectivity index (χ1) is 7.26. The third-order valence-corrected chi connectivity index (χ3v) is 6.12. The molecule has 0 radical (unpaired) electrons. The Morgan fingerprint density at radius 1 is 1.12 bits per heavy atom. The van der Waals surface area contributed by atoms with Gasteiger partial charge in [-0.2, -0.15) is 0 Å². The monoisotopic (exact) mass is 249 g/mol. The molecule has 16 heavy (non-hydrogen) atoms. The number of sulfone groups is 1. The maximum atomic E-state index is 12.1. The summed E-state index contributed by atoms with van der Waals surface area (Å²) in [4.78, 5) is 0. The summed E-state index contributed by atoms with van der Waals surface area (Å²) < 4.78 is 24.2. The van der Waals surface area contributed by atoms with Crippen LogP contribution in [0.25, 0.3) is 0 Å². The van der Waals surface area contributed by atoms with Crippen LogP contribution in [0.3, 0.4) is 0 Å². The van der Waals surface area contributed by atoms with Gasteiger partial charge in [0, 0.05) is 6.04 Å². The highest BCUT2D eigenvalue weighted by atomic mass is 32.2. The van der Waals surface area contributed by atoms with Gasteiger partial charge in [0.15, 0.2) is 9.84 Å². The third kappa shape index (κ3) is 4.42. The van der Waals surface area contributed by atoms with Gasteiger partial charge in [-0.1, -0.05) is 34.1 Å². The van der Waals surface area contributed by atoms with Gasteiger partial charge >= 0.3 is 0 Å². The van der Waals surface area contributed by atoms with Crippen molar-refractivity contribution in [2.75, 3.05) is 12.8 Å². The van der Waals surface area contributed by atoms with E-state index in [9.17, 15) is 8.42 Å². The summed E-state index contributed by atoms with van der Waals surface area (Å²) in [5, 5.41) is 2.87. The molecule has 0 fully saturated rings. The number of nitrogens with one attached hydrogen (secondary N) is 1. The van der Waals surface area contributed by atoms with Crippen LogP contribution in [0.5, 0.6) is 0 Å². The van der Waals surface area contributed by atoms with Gasteiger partial charge in [-0.05, 0) is 25.8 Å². The van der Waals surface area contributed by atoms with Crippen molar-refractivity contribution in [2.24, 2.45) is 11.8 Å². The highest BCUT2D eigenvalue weighted by molar-refractivity contribution is 7.92. The molecule has 0 aliphatic heterocycles. The SMILES string of the molecule is CCC(C)C(CS(=O)(=O)C(C)C(C)C)NC. The van der Waals surface area contributed by atoms with Gasteiger partial charge < -0.3 is 5.32 Å². The molecule has 0 saturated heterocycles. The van der Waals surface area contributed by atoms with Gasteiger partial charge in [0.25, 0.3) is 0 Å². The van der Waals surface area contributed by atoms with Crippen LogP contribution >= 0.6 is 0 Å². The van der Waals surface area contributed by atoms with Crippen LogP contribution in [0.2, 0.25) is 0 Å². The summed E-state index contributed by atoms with van der Waals surface area (Å²) in [5.41, 5.74) is 0. The second kappa shape index (κ2) is 6.60. The molecule has 1 N–H and O–H groups in total. The van der Waals surface area contributed by atoms with Crippen molar-refractivity contribution in [1.82, 2.24) is 5.32 Å². The number of hydrogen-bond donors (Lipinski definition) is 1. The van der Waals surface area contributed by atoms with E-state index >= 15 is 0 Å². The predicted octanol–water partition coefficient (Wildman–Crippen LogP) is 2.08. The van der Waals surface area contributed by atoms with Gasteiger partial charge in [-0.25, -0.2) is 8.42 Å². The molecule has 0 spiro atoms. The van der Waals surface area contributed by atoms with Crippen molar-refractivity contribution < 1.29 is 8.42 Å². The van der Waals surface area contributed by atoms with E-state index < -0.39 is 9.84 Å². The Hall–Kier alpha value is -0.0900. The fourth-order valence-electron chi connectivity index (χ4n) is 1.63. The van der Waals surface area contributed by atoms with Crippen LogP contribution in [0.4, 0.5) is 0 Å². The molecule has 4 heteroatoms. The molecule has 0 aromatic carbocycles. The number of hydrogen-bond acceptors (Lipinski definition) is 3. The molecule has 0 amide bonds. The Morgan fingerprint density at radius 3 is 1.94 bits per heavy atom. The minimum absolute atomic E-state index is 0.0659. The molecule has 0 aliphatic rings. The van der Waals surface area contributed by atoms with Crippen molar-refractivity contribution >= 4 is 9.84 Å². The fraction of sp³-hybridized carbons (Fsp3) is 1.00. The standard InChI is InChI=1S/C12H27NO2S/c1-7-10(4)12(13-6)8-16(14,15)11(5)9(2)3/h9-13H,7-8H2,1-6H3. The molecule has 0 aromatic rings. The van der Waals surface area contributed by atoms with E-state index in [1.165, 1.54) is 0 Å². The largest absolute Gasteiger partial charge is 0.316 e. The Labute approximate surface area is 101 Å². The first-order valence-corrected chi connectivity index (χ1v) is 7.86. The molecule has 0 aromatic heterocycles. The lowest BCUT2D eigenvalue weighted by Crippen LogP contribution is -2.41. The Balaban J connectivity index is 4.68. The van der Waals surface area contributed by atoms with Crippen LogP contribution in [-0.2, 0) is 9.84 Å². The van der Waals surface area contributed by atoms with Crippen LogP contribution in [0.1, 0.15) is 41.0 Å². The van der Waals surface area contributed by atoms with E-state index in [2.05, 4.69) is 19.2 Å². The molecule has 3 unspecified atom stereocenters. The van der Waals surface area contributed by atoms with E-state index in [-0.39, 0.29) is 23.0 Å². The maximum Gasteiger partial charge on any atom is 0.154 e. The Morgan fingerprint density at radius 2 is 1.62 bits per heavy atom. The average Bonchev–Trinajstić information content (AvgIpc) is 2.23. The van der Waals surface area contributed by atoms with Gasteiger partial charge in [0.1, 0.15) is 0 Å². The lowest BCUT2D eigenvalue weighted by Gasteiger charge is -2.25. The van der Waals surface area contributed by atoms with E-state index in [1.54, 1.807) is 0 Å². The van der Waals surface area contributed by atoms with Crippen molar-refractivity contribution in [2.45, 2.75) is 52.3 Å². The summed E-state index contributed by atoms with van der Waals surface area (Å²) in [7, 11) is -1.15. The topological polar surface area (TPSA) is 46.2 Å². The van der Waals surface area contributed by atoms with Crippen LogP contribution < -0.4 is 5.32 Å². The fourth-order valence-corrected chi connectivity index (χ4v) is 3.76. The summed E-state index contributed by atoms with van der Waals surface area (Å²) in [6.45, 7) is 9.91. The first kappa shape index (κ1) is 15.9. The smallest absolute Gasteiger partial charge is 0.154 e. The van der Waals surface area contributed by atoms with Crippen molar-refractivity contribution in [1.29, 1.82) is 0 Å². The third-order valence-electron chi connectivity index (χ3n) is 3.62. The second-order valence-electron chi connectivity index (χ2n) is 5.06. The minimum atomic E-state index is -2.99. The van der Waals surface area contributed by atoms with Crippen molar-refractivity contribution in [3.8, 4) is 0 Å². The maximum absolute atomic E-state index is 12.1. The highest BCUT2D eigenvalue weighted by Crippen LogP contribution is 2.17. The molecule has 0 aliphatic carbocycles. The molecule has 0 bridgehead atoms. The van der Waals surface area contributed by atoms with E-state index in [1.807, 2.05) is 27.8 Å². The van der Waals surface area contributed by atoms with Crippen molar-refractivity contribution in [3.63, 3.8) is 0 Å². The quantitative estimate of drug-likeness (QED) is 0.751. The predicted molar refractivity (Wildman–Crippen MR) is 70.4 cm³/mol. The summed E-state index contributed by atoms with van der Waals surface area (Å²) >= 11 is 0. The summed E-state index contributed by atoms with van der Waals surface area (Å²) in [6.07, 6.45) is 0.997. The van der Waals surface area contributed by atoms with Crippen molar-refractivity contribution in [3.05, 3.63) is 0 Å². The van der Waals surface area contributed by atoms with Crippen LogP contribution in [0, 0.1) is 11.8 Å². The molecule has 3 nitrogen and oxygen atoms in total. The van der Waals surface area contributed by atoms with E-state index in [0.29, 0.717) is 5.92 Å². The molecular formula is C12H27NO2S. The second-order valence-corrected chi connectivity index (χ2v) is 7.46. The molecule has 98 valence electrons. The molecular weight excluding hydrogens is 222 g/mol. The number of rotatable bonds is 7. The minimum Gasteiger partial charge on any atom is -0.316 e. The first-order valence-electron chi connectivity index (χ1n) is 6.15. The zero-order valence-electron chi connectivity index (χ0n) is 11.4. The lowest BCUT2D eigenvalue weighted by atomic mass is 10.0. The van der Waals surface area contributed by atoms with E-state index in [4.69, 9.17) is 0 Å². The van der Waals surface area contributed by atoms with Gasteiger partial charge in [-0.3, -0.25) is 0 Å². The Kier molecular flexibility index (Phi) is 6.56. The summed E-state index contributed by atoms with van der Waals surface area (Å²) in [6, 6.07) is 0.0659. The normalized spacial score (nSPS) is 18.4. The van der Waals surface area contributed by atoms with E-state index in [0.717, 1.165) is 6.42 Å². The molecule has 0 saturated carbocycles. The molecule has 0 heterocycles. The zero-order chi connectivity index (χ0) is 12.9. The Bertz CT molecular complexity index is 285. The van der Waals surface area contributed by atoms with Crippen LogP contribution in [0.15, 0.2) is 0 Å². The lowest BCUT2D eigenvalue weighted by molar-refractivity contribution is 0.411.